The molecule has 2 heterocycles. The first kappa shape index (κ1) is 20.9. The van der Waals surface area contributed by atoms with Crippen LogP contribution < -0.4 is 10.2 Å². The number of carbonyl (C=O) groups is 1. The first-order chi connectivity index (χ1) is 16.0. The zero-order chi connectivity index (χ0) is 22.9. The van der Waals surface area contributed by atoms with E-state index >= 15 is 0 Å². The van der Waals surface area contributed by atoms with Gasteiger partial charge in [0, 0.05) is 16.3 Å². The number of hydrogen-bond donors (Lipinski definition) is 1. The molecule has 164 valence electrons. The summed E-state index contributed by atoms with van der Waals surface area (Å²) in [6.45, 7) is 1.80. The summed E-state index contributed by atoms with van der Waals surface area (Å²) >= 11 is 6.07. The molecule has 1 aromatic heterocycles. The number of hydrogen-bond acceptors (Lipinski definition) is 4. The summed E-state index contributed by atoms with van der Waals surface area (Å²) in [5.41, 5.74) is 3.36. The molecule has 0 saturated carbocycles. The number of allylic oxidation sites excluding steroid dienone is 1. The first-order valence-corrected chi connectivity index (χ1v) is 10.6. The van der Waals surface area contributed by atoms with E-state index in [0.29, 0.717) is 27.8 Å². The Balaban J connectivity index is 1.65. The molecular weight excluding hydrogens is 443 g/mol. The van der Waals surface area contributed by atoms with Crippen molar-refractivity contribution in [3.8, 4) is 11.4 Å². The molecule has 0 aliphatic carbocycles. The third-order valence-electron chi connectivity index (χ3n) is 5.46. The number of urea groups is 1. The lowest BCUT2D eigenvalue weighted by Crippen LogP contribution is -2.46. The third-order valence-corrected chi connectivity index (χ3v) is 5.71. The number of carbonyl (C=O) groups excluding carboxylic acids is 1. The van der Waals surface area contributed by atoms with Crippen LogP contribution in [0.5, 0.6) is 0 Å². The van der Waals surface area contributed by atoms with Crippen molar-refractivity contribution >= 4 is 28.9 Å². The number of halogens is 2. The van der Waals surface area contributed by atoms with Crippen LogP contribution in [-0.4, -0.2) is 16.2 Å². The van der Waals surface area contributed by atoms with Crippen LogP contribution in [0, 0.1) is 5.82 Å². The van der Waals surface area contributed by atoms with E-state index in [0.717, 1.165) is 11.1 Å². The van der Waals surface area contributed by atoms with Crippen LogP contribution in [0.3, 0.4) is 0 Å². The van der Waals surface area contributed by atoms with E-state index in [1.807, 2.05) is 42.5 Å². The second-order valence-electron chi connectivity index (χ2n) is 7.53. The van der Waals surface area contributed by atoms with Crippen LogP contribution in [0.25, 0.3) is 17.0 Å². The van der Waals surface area contributed by atoms with Gasteiger partial charge in [0.1, 0.15) is 5.82 Å². The van der Waals surface area contributed by atoms with Gasteiger partial charge in [0.05, 0.1) is 17.3 Å². The zero-order valence-corrected chi connectivity index (χ0v) is 18.3. The van der Waals surface area contributed by atoms with E-state index in [4.69, 9.17) is 16.1 Å². The van der Waals surface area contributed by atoms with Gasteiger partial charge >= 0.3 is 6.03 Å². The number of anilines is 1. The SMILES string of the molecule is CC1=C(c2nc(-c3ccccc3)no2)C(c2ccc(Cl)cc2)NC(=O)N1c1ccc(F)cc1. The number of aromatic nitrogens is 2. The molecule has 0 radical (unpaired) electrons. The largest absolute Gasteiger partial charge is 0.334 e. The summed E-state index contributed by atoms with van der Waals surface area (Å²) in [6, 6.07) is 21.5. The molecule has 0 fully saturated rings. The quantitative estimate of drug-likeness (QED) is 0.392. The Morgan fingerprint density at radius 3 is 2.39 bits per heavy atom. The number of nitrogens with one attached hydrogen (secondary N) is 1. The highest BCUT2D eigenvalue weighted by atomic mass is 35.5. The highest BCUT2D eigenvalue weighted by Crippen LogP contribution is 2.39. The monoisotopic (exact) mass is 460 g/mol. The van der Waals surface area contributed by atoms with E-state index in [1.165, 1.54) is 17.0 Å². The Morgan fingerprint density at radius 1 is 1.00 bits per heavy atom. The highest BCUT2D eigenvalue weighted by Gasteiger charge is 2.36. The molecular formula is C25H18ClFN4O2. The summed E-state index contributed by atoms with van der Waals surface area (Å²) in [6.07, 6.45) is 0. The number of amides is 2. The molecule has 3 aromatic carbocycles. The van der Waals surface area contributed by atoms with Gasteiger partial charge in [0.15, 0.2) is 0 Å². The highest BCUT2D eigenvalue weighted by molar-refractivity contribution is 6.30. The van der Waals surface area contributed by atoms with Crippen molar-refractivity contribution < 1.29 is 13.7 Å². The van der Waals surface area contributed by atoms with Gasteiger partial charge in [0.2, 0.25) is 5.82 Å². The molecule has 33 heavy (non-hydrogen) atoms. The van der Waals surface area contributed by atoms with Crippen LogP contribution in [0.15, 0.2) is 89.1 Å². The van der Waals surface area contributed by atoms with Gasteiger partial charge in [-0.3, -0.25) is 4.90 Å². The average molecular weight is 461 g/mol. The fraction of sp³-hybridized carbons (Fsp3) is 0.0800. The lowest BCUT2D eigenvalue weighted by Gasteiger charge is -2.35. The Hall–Kier alpha value is -3.97. The van der Waals surface area contributed by atoms with Gasteiger partial charge in [-0.2, -0.15) is 4.98 Å². The predicted molar refractivity (Wildman–Crippen MR) is 124 cm³/mol. The van der Waals surface area contributed by atoms with E-state index in [2.05, 4.69) is 15.5 Å². The topological polar surface area (TPSA) is 71.3 Å². The Bertz CT molecular complexity index is 1340. The lowest BCUT2D eigenvalue weighted by atomic mass is 9.94. The second kappa shape index (κ2) is 8.52. The van der Waals surface area contributed by atoms with Crippen LogP contribution in [0.1, 0.15) is 24.4 Å². The molecule has 0 bridgehead atoms. The van der Waals surface area contributed by atoms with Crippen molar-refractivity contribution in [3.63, 3.8) is 0 Å². The van der Waals surface area contributed by atoms with Gasteiger partial charge in [0.25, 0.3) is 5.89 Å². The number of rotatable bonds is 4. The van der Waals surface area contributed by atoms with Gasteiger partial charge < -0.3 is 9.84 Å². The van der Waals surface area contributed by atoms with Gasteiger partial charge in [-0.1, -0.05) is 59.2 Å². The summed E-state index contributed by atoms with van der Waals surface area (Å²) < 4.78 is 19.2. The predicted octanol–water partition coefficient (Wildman–Crippen LogP) is 6.23. The maximum atomic E-state index is 13.5. The smallest absolute Gasteiger partial charge is 0.326 e. The molecule has 4 aromatic rings. The van der Waals surface area contributed by atoms with Crippen molar-refractivity contribution in [3.05, 3.63) is 107 Å². The van der Waals surface area contributed by atoms with Crippen LogP contribution >= 0.6 is 11.6 Å². The molecule has 2 amide bonds. The molecule has 1 N–H and O–H groups in total. The molecule has 1 aliphatic heterocycles. The van der Waals surface area contributed by atoms with E-state index in [1.54, 1.807) is 31.2 Å². The summed E-state index contributed by atoms with van der Waals surface area (Å²) in [4.78, 5) is 19.2. The van der Waals surface area contributed by atoms with Gasteiger partial charge in [-0.15, -0.1) is 0 Å². The first-order valence-electron chi connectivity index (χ1n) is 10.2. The minimum Gasteiger partial charge on any atom is -0.334 e. The van der Waals surface area contributed by atoms with Crippen molar-refractivity contribution in [1.29, 1.82) is 0 Å². The van der Waals surface area contributed by atoms with Crippen molar-refractivity contribution in [1.82, 2.24) is 15.5 Å². The Morgan fingerprint density at radius 2 is 1.70 bits per heavy atom. The molecule has 5 rings (SSSR count). The van der Waals surface area contributed by atoms with Crippen molar-refractivity contribution in [2.75, 3.05) is 4.90 Å². The molecule has 1 aliphatic rings. The molecule has 8 heteroatoms. The minimum absolute atomic E-state index is 0.276. The average Bonchev–Trinajstić information content (AvgIpc) is 3.31. The van der Waals surface area contributed by atoms with Gasteiger partial charge in [-0.25, -0.2) is 9.18 Å². The van der Waals surface area contributed by atoms with E-state index in [-0.39, 0.29) is 17.7 Å². The third kappa shape index (κ3) is 3.99. The van der Waals surface area contributed by atoms with Crippen LogP contribution in [0.4, 0.5) is 14.9 Å². The number of nitrogens with zero attached hydrogens (tertiary/aromatic N) is 3. The van der Waals surface area contributed by atoms with Crippen LogP contribution in [0.2, 0.25) is 5.02 Å². The molecule has 0 saturated heterocycles. The minimum atomic E-state index is -0.546. The molecule has 1 atom stereocenters. The lowest BCUT2D eigenvalue weighted by molar-refractivity contribution is 0.244. The molecule has 1 unspecified atom stereocenters. The van der Waals surface area contributed by atoms with E-state index in [9.17, 15) is 9.18 Å². The summed E-state index contributed by atoms with van der Waals surface area (Å²) in [5.74, 6) is 0.325. The number of benzene rings is 3. The standard InChI is InChI=1S/C25H18ClFN4O2/c1-15-21(24-29-23(30-33-24)17-5-3-2-4-6-17)22(16-7-9-18(26)10-8-16)28-25(32)31(15)20-13-11-19(27)12-14-20/h2-14,22H,1H3,(H,28,32). The fourth-order valence-corrected chi connectivity index (χ4v) is 3.99. The molecule has 6 nitrogen and oxygen atoms in total. The van der Waals surface area contributed by atoms with Crippen LogP contribution in [-0.2, 0) is 0 Å². The van der Waals surface area contributed by atoms with Crippen molar-refractivity contribution in [2.24, 2.45) is 0 Å². The Kier molecular flexibility index (Phi) is 5.40. The maximum Gasteiger partial charge on any atom is 0.326 e. The van der Waals surface area contributed by atoms with Gasteiger partial charge in [-0.05, 0) is 48.9 Å². The second-order valence-corrected chi connectivity index (χ2v) is 7.97. The normalized spacial score (nSPS) is 16.2. The summed E-state index contributed by atoms with van der Waals surface area (Å²) in [5, 5.41) is 7.74. The zero-order valence-electron chi connectivity index (χ0n) is 17.5. The summed E-state index contributed by atoms with van der Waals surface area (Å²) in [7, 11) is 0. The Labute approximate surface area is 194 Å². The fourth-order valence-electron chi connectivity index (χ4n) is 3.86. The van der Waals surface area contributed by atoms with E-state index < -0.39 is 6.04 Å². The van der Waals surface area contributed by atoms with Crippen molar-refractivity contribution in [2.45, 2.75) is 13.0 Å². The molecule has 0 spiro atoms. The maximum absolute atomic E-state index is 13.5.